The minimum atomic E-state index is -3.81. The van der Waals surface area contributed by atoms with Crippen molar-refractivity contribution in [2.24, 2.45) is 17.8 Å². The Balaban J connectivity index is 1.36. The highest BCUT2D eigenvalue weighted by Crippen LogP contribution is 2.57. The van der Waals surface area contributed by atoms with Crippen LogP contribution in [0.2, 0.25) is 0 Å². The predicted molar refractivity (Wildman–Crippen MR) is 99.9 cm³/mol. The molecular formula is C19H26N2O5S. The molecule has 4 saturated carbocycles. The van der Waals surface area contributed by atoms with Crippen LogP contribution < -0.4 is 4.72 Å². The van der Waals surface area contributed by atoms with Crippen LogP contribution in [-0.2, 0) is 14.8 Å². The van der Waals surface area contributed by atoms with Gasteiger partial charge in [-0.1, -0.05) is 6.07 Å². The maximum Gasteiger partial charge on any atom is 0.270 e. The lowest BCUT2D eigenvalue weighted by Crippen LogP contribution is -2.52. The van der Waals surface area contributed by atoms with Crippen molar-refractivity contribution < 1.29 is 18.1 Å². The zero-order valence-electron chi connectivity index (χ0n) is 15.5. The molecule has 0 aliphatic heterocycles. The summed E-state index contributed by atoms with van der Waals surface area (Å²) in [7, 11) is -3.81. The largest absolute Gasteiger partial charge is 0.374 e. The van der Waals surface area contributed by atoms with Gasteiger partial charge in [-0.3, -0.25) is 10.1 Å². The first-order valence-electron chi connectivity index (χ1n) is 9.65. The number of hydrogen-bond acceptors (Lipinski definition) is 5. The van der Waals surface area contributed by atoms with Crippen LogP contribution in [-0.4, -0.2) is 32.1 Å². The van der Waals surface area contributed by atoms with Crippen molar-refractivity contribution in [3.05, 3.63) is 33.9 Å². The molecule has 1 aromatic carbocycles. The van der Waals surface area contributed by atoms with Crippen molar-refractivity contribution in [2.75, 3.05) is 13.2 Å². The number of ether oxygens (including phenoxy) is 1. The van der Waals surface area contributed by atoms with Crippen molar-refractivity contribution in [3.63, 3.8) is 0 Å². The first kappa shape index (κ1) is 18.8. The number of hydrogen-bond donors (Lipinski definition) is 1. The molecule has 0 spiro atoms. The summed E-state index contributed by atoms with van der Waals surface area (Å²) in [5.74, 6) is 2.33. The van der Waals surface area contributed by atoms with Crippen LogP contribution in [0.3, 0.4) is 0 Å². The molecule has 0 heterocycles. The van der Waals surface area contributed by atoms with Crippen LogP contribution in [0.25, 0.3) is 0 Å². The third-order valence-electron chi connectivity index (χ3n) is 6.46. The summed E-state index contributed by atoms with van der Waals surface area (Å²) in [6, 6.07) is 3.88. The monoisotopic (exact) mass is 394 g/mol. The lowest BCUT2D eigenvalue weighted by atomic mass is 9.54. The molecule has 5 rings (SSSR count). The molecule has 0 saturated heterocycles. The van der Waals surface area contributed by atoms with E-state index < -0.39 is 14.9 Å². The van der Waals surface area contributed by atoms with E-state index in [0.29, 0.717) is 12.2 Å². The molecule has 8 heteroatoms. The Hall–Kier alpha value is -1.51. The highest BCUT2D eigenvalue weighted by molar-refractivity contribution is 7.89. The maximum atomic E-state index is 12.6. The molecule has 1 N–H and O–H groups in total. The van der Waals surface area contributed by atoms with Crippen molar-refractivity contribution in [1.29, 1.82) is 0 Å². The number of aryl methyl sites for hydroxylation is 1. The second kappa shape index (κ2) is 6.83. The zero-order chi connectivity index (χ0) is 19.2. The Morgan fingerprint density at radius 1 is 1.19 bits per heavy atom. The minimum absolute atomic E-state index is 0.0495. The minimum Gasteiger partial charge on any atom is -0.374 e. The van der Waals surface area contributed by atoms with Gasteiger partial charge in [-0.05, 0) is 68.8 Å². The highest BCUT2D eigenvalue weighted by Gasteiger charge is 2.51. The topological polar surface area (TPSA) is 98.5 Å². The zero-order valence-corrected chi connectivity index (χ0v) is 16.3. The van der Waals surface area contributed by atoms with Crippen molar-refractivity contribution in [1.82, 2.24) is 4.72 Å². The summed E-state index contributed by atoms with van der Waals surface area (Å²) < 4.78 is 33.9. The Morgan fingerprint density at radius 3 is 2.33 bits per heavy atom. The van der Waals surface area contributed by atoms with Gasteiger partial charge < -0.3 is 4.74 Å². The molecular weight excluding hydrogens is 368 g/mol. The van der Waals surface area contributed by atoms with Crippen LogP contribution in [0.1, 0.15) is 44.1 Å². The van der Waals surface area contributed by atoms with Crippen molar-refractivity contribution >= 4 is 15.7 Å². The number of non-ortho nitro benzene ring substituents is 1. The van der Waals surface area contributed by atoms with E-state index in [2.05, 4.69) is 4.72 Å². The number of nitro benzene ring substituents is 1. The smallest absolute Gasteiger partial charge is 0.270 e. The molecule has 1 aromatic rings. The molecule has 4 fully saturated rings. The highest BCUT2D eigenvalue weighted by atomic mass is 32.2. The van der Waals surface area contributed by atoms with Gasteiger partial charge in [-0.25, -0.2) is 13.1 Å². The van der Waals surface area contributed by atoms with E-state index >= 15 is 0 Å². The maximum absolute atomic E-state index is 12.6. The van der Waals surface area contributed by atoms with Crippen LogP contribution >= 0.6 is 0 Å². The quantitative estimate of drug-likeness (QED) is 0.435. The molecule has 0 aromatic heterocycles. The summed E-state index contributed by atoms with van der Waals surface area (Å²) >= 11 is 0. The fourth-order valence-electron chi connectivity index (χ4n) is 5.72. The molecule has 0 radical (unpaired) electrons. The Labute approximate surface area is 159 Å². The van der Waals surface area contributed by atoms with Gasteiger partial charge in [0.15, 0.2) is 0 Å². The van der Waals surface area contributed by atoms with Gasteiger partial charge in [0.1, 0.15) is 0 Å². The van der Waals surface area contributed by atoms with Crippen LogP contribution in [0.5, 0.6) is 0 Å². The lowest BCUT2D eigenvalue weighted by Gasteiger charge is -2.56. The Bertz CT molecular complexity index is 816. The number of nitrogens with zero attached hydrogens (tertiary/aromatic N) is 1. The summed E-state index contributed by atoms with van der Waals surface area (Å²) in [5.41, 5.74) is 0.197. The van der Waals surface area contributed by atoms with E-state index in [9.17, 15) is 18.5 Å². The van der Waals surface area contributed by atoms with Gasteiger partial charge in [0.2, 0.25) is 10.0 Å². The molecule has 0 atom stereocenters. The van der Waals surface area contributed by atoms with Crippen molar-refractivity contribution in [2.45, 2.75) is 55.9 Å². The number of rotatable bonds is 7. The van der Waals surface area contributed by atoms with E-state index in [1.165, 1.54) is 31.4 Å². The number of sulfonamides is 1. The van der Waals surface area contributed by atoms with E-state index in [1.807, 2.05) is 0 Å². The van der Waals surface area contributed by atoms with E-state index in [0.717, 1.165) is 43.1 Å². The predicted octanol–water partition coefficient (Wildman–Crippen LogP) is 3.17. The van der Waals surface area contributed by atoms with Gasteiger partial charge >= 0.3 is 0 Å². The van der Waals surface area contributed by atoms with Crippen molar-refractivity contribution in [3.8, 4) is 0 Å². The second-order valence-corrected chi connectivity index (χ2v) is 10.3. The van der Waals surface area contributed by atoms with Crippen LogP contribution in [0.4, 0.5) is 5.69 Å². The third-order valence-corrected chi connectivity index (χ3v) is 8.06. The Kier molecular flexibility index (Phi) is 4.76. The van der Waals surface area contributed by atoms with E-state index in [4.69, 9.17) is 4.74 Å². The molecule has 4 aliphatic carbocycles. The molecule has 4 bridgehead atoms. The van der Waals surface area contributed by atoms with Gasteiger partial charge in [0, 0.05) is 18.7 Å². The molecule has 0 unspecified atom stereocenters. The lowest BCUT2D eigenvalue weighted by molar-refractivity contribution is -0.385. The van der Waals surface area contributed by atoms with Gasteiger partial charge in [0.25, 0.3) is 5.69 Å². The molecule has 7 nitrogen and oxygen atoms in total. The van der Waals surface area contributed by atoms with Gasteiger partial charge in [-0.2, -0.15) is 0 Å². The average molecular weight is 394 g/mol. The number of benzene rings is 1. The fourth-order valence-corrected chi connectivity index (χ4v) is 7.00. The molecule has 27 heavy (non-hydrogen) atoms. The fraction of sp³-hybridized carbons (Fsp3) is 0.684. The third kappa shape index (κ3) is 3.75. The van der Waals surface area contributed by atoms with Gasteiger partial charge in [0.05, 0.1) is 22.0 Å². The first-order chi connectivity index (χ1) is 12.8. The summed E-state index contributed by atoms with van der Waals surface area (Å²) in [6.07, 6.45) is 7.32. The second-order valence-electron chi connectivity index (χ2n) is 8.55. The average Bonchev–Trinajstić information content (AvgIpc) is 2.57. The summed E-state index contributed by atoms with van der Waals surface area (Å²) in [5, 5.41) is 10.9. The Morgan fingerprint density at radius 2 is 1.78 bits per heavy atom. The van der Waals surface area contributed by atoms with Crippen LogP contribution in [0, 0.1) is 34.8 Å². The van der Waals surface area contributed by atoms with Gasteiger partial charge in [-0.15, -0.1) is 0 Å². The summed E-state index contributed by atoms with van der Waals surface area (Å²) in [4.78, 5) is 10.3. The molecule has 148 valence electrons. The molecule has 0 amide bonds. The van der Waals surface area contributed by atoms with Crippen LogP contribution in [0.15, 0.2) is 23.1 Å². The van der Waals surface area contributed by atoms with E-state index in [-0.39, 0.29) is 22.7 Å². The number of nitrogens with one attached hydrogen (secondary N) is 1. The SMILES string of the molecule is Cc1ccc([N+](=O)[O-])cc1S(=O)(=O)NCCOC12CC3CC(CC(C3)C1)C2. The van der Waals surface area contributed by atoms with E-state index in [1.54, 1.807) is 6.92 Å². The first-order valence-corrected chi connectivity index (χ1v) is 11.1. The summed E-state index contributed by atoms with van der Waals surface area (Å²) in [6.45, 7) is 2.13. The molecule has 4 aliphatic rings. The standard InChI is InChI=1S/C19H26N2O5S/c1-13-2-3-17(21(22)23)9-18(13)27(24,25)20-4-5-26-19-10-14-6-15(11-19)8-16(7-14)12-19/h2-3,9,14-16,20H,4-8,10-12H2,1H3. The normalized spacial score (nSPS) is 32.0. The number of nitro groups is 1.